The van der Waals surface area contributed by atoms with Crippen molar-refractivity contribution in [3.8, 4) is 11.4 Å². The van der Waals surface area contributed by atoms with Crippen molar-refractivity contribution in [3.05, 3.63) is 96.1 Å². The normalized spacial score (nSPS) is 19.7. The summed E-state index contributed by atoms with van der Waals surface area (Å²) >= 11 is 0. The fourth-order valence-corrected chi connectivity index (χ4v) is 4.80. The number of hydrogen-bond donors (Lipinski definition) is 1. The van der Waals surface area contributed by atoms with Crippen LogP contribution in [0, 0.1) is 0 Å². The molecule has 6 rings (SSSR count). The molecule has 34 heavy (non-hydrogen) atoms. The van der Waals surface area contributed by atoms with Crippen molar-refractivity contribution in [2.24, 2.45) is 0 Å². The van der Waals surface area contributed by atoms with E-state index in [-0.39, 0.29) is 24.5 Å². The van der Waals surface area contributed by atoms with E-state index in [1.807, 2.05) is 29.4 Å². The quantitative estimate of drug-likeness (QED) is 0.479. The number of hydrogen-bond acceptors (Lipinski definition) is 6. The van der Waals surface area contributed by atoms with Gasteiger partial charge in [-0.25, -0.2) is 5.43 Å². The van der Waals surface area contributed by atoms with Gasteiger partial charge in [-0.1, -0.05) is 78.8 Å². The molecule has 2 atom stereocenters. The van der Waals surface area contributed by atoms with Crippen LogP contribution >= 0.6 is 0 Å². The standard InChI is InChI=1S/C27H25N5O2/c1-2-18-10-12-20(13-11-18)26-28-25(34-30-26)17-31-14-15-32-24(27(31)33)16-23(29-32)22-9-5-7-19-6-3-4-8-21(19)22/h3-15,23-24,29H,2,16-17H2,1H3. The van der Waals surface area contributed by atoms with Crippen LogP contribution in [-0.4, -0.2) is 32.0 Å². The smallest absolute Gasteiger partial charge is 0.251 e. The van der Waals surface area contributed by atoms with Gasteiger partial charge in [0.05, 0.1) is 6.04 Å². The van der Waals surface area contributed by atoms with Crippen molar-refractivity contribution in [1.82, 2.24) is 25.5 Å². The van der Waals surface area contributed by atoms with E-state index in [0.29, 0.717) is 18.1 Å². The number of aromatic nitrogens is 2. The van der Waals surface area contributed by atoms with Gasteiger partial charge in [-0.05, 0) is 34.7 Å². The molecule has 2 aliphatic rings. The van der Waals surface area contributed by atoms with E-state index in [1.54, 1.807) is 11.1 Å². The molecule has 2 aliphatic heterocycles. The van der Waals surface area contributed by atoms with Crippen LogP contribution in [0.3, 0.4) is 0 Å². The van der Waals surface area contributed by atoms with Crippen molar-refractivity contribution in [2.75, 3.05) is 0 Å². The summed E-state index contributed by atoms with van der Waals surface area (Å²) in [7, 11) is 0. The second kappa shape index (κ2) is 8.43. The molecular formula is C27H25N5O2. The third-order valence-electron chi connectivity index (χ3n) is 6.67. The second-order valence-electron chi connectivity index (χ2n) is 8.74. The number of carbonyl (C=O) groups is 1. The van der Waals surface area contributed by atoms with Crippen molar-refractivity contribution >= 4 is 16.7 Å². The van der Waals surface area contributed by atoms with Gasteiger partial charge in [0.25, 0.3) is 5.91 Å². The van der Waals surface area contributed by atoms with Gasteiger partial charge in [0.15, 0.2) is 0 Å². The number of amides is 1. The zero-order valence-corrected chi connectivity index (χ0v) is 18.9. The maximum absolute atomic E-state index is 13.3. The summed E-state index contributed by atoms with van der Waals surface area (Å²) in [6.45, 7) is 2.37. The zero-order chi connectivity index (χ0) is 23.1. The Bertz CT molecular complexity index is 1370. The highest BCUT2D eigenvalue weighted by atomic mass is 16.5. The molecule has 170 valence electrons. The number of benzene rings is 3. The summed E-state index contributed by atoms with van der Waals surface area (Å²) in [6, 6.07) is 22.6. The lowest BCUT2D eigenvalue weighted by molar-refractivity contribution is -0.135. The monoisotopic (exact) mass is 451 g/mol. The lowest BCUT2D eigenvalue weighted by Crippen LogP contribution is -2.47. The summed E-state index contributed by atoms with van der Waals surface area (Å²) in [4.78, 5) is 19.5. The molecule has 1 amide bonds. The predicted octanol–water partition coefficient (Wildman–Crippen LogP) is 4.59. The van der Waals surface area contributed by atoms with Crippen LogP contribution in [0.4, 0.5) is 0 Å². The van der Waals surface area contributed by atoms with E-state index in [2.05, 4.69) is 71.0 Å². The molecule has 3 heterocycles. The van der Waals surface area contributed by atoms with Crippen molar-refractivity contribution in [1.29, 1.82) is 0 Å². The van der Waals surface area contributed by atoms with Gasteiger partial charge in [0.2, 0.25) is 11.7 Å². The van der Waals surface area contributed by atoms with Gasteiger partial charge in [-0.3, -0.25) is 4.79 Å². The summed E-state index contributed by atoms with van der Waals surface area (Å²) in [6.07, 6.45) is 5.36. The highest BCUT2D eigenvalue weighted by Gasteiger charge is 2.40. The largest absolute Gasteiger partial charge is 0.337 e. The maximum atomic E-state index is 13.3. The van der Waals surface area contributed by atoms with Crippen LogP contribution < -0.4 is 5.43 Å². The number of hydrazine groups is 1. The number of carbonyl (C=O) groups excluding carboxylic acids is 1. The van der Waals surface area contributed by atoms with Gasteiger partial charge >= 0.3 is 0 Å². The highest BCUT2D eigenvalue weighted by molar-refractivity contribution is 5.87. The van der Waals surface area contributed by atoms with Gasteiger partial charge in [0.1, 0.15) is 12.6 Å². The van der Waals surface area contributed by atoms with Crippen LogP contribution in [-0.2, 0) is 17.8 Å². The van der Waals surface area contributed by atoms with E-state index in [0.717, 1.165) is 12.0 Å². The lowest BCUT2D eigenvalue weighted by Gasteiger charge is -2.30. The number of nitrogens with zero attached hydrogens (tertiary/aromatic N) is 4. The molecule has 3 aromatic carbocycles. The van der Waals surface area contributed by atoms with Crippen LogP contribution in [0.2, 0.25) is 0 Å². The molecule has 1 N–H and O–H groups in total. The Labute approximate surface area is 197 Å². The number of nitrogens with one attached hydrogen (secondary N) is 1. The Morgan fingerprint density at radius 1 is 1.03 bits per heavy atom. The third kappa shape index (κ3) is 3.64. The van der Waals surface area contributed by atoms with Crippen molar-refractivity contribution in [3.63, 3.8) is 0 Å². The Morgan fingerprint density at radius 2 is 1.85 bits per heavy atom. The zero-order valence-electron chi connectivity index (χ0n) is 18.9. The highest BCUT2D eigenvalue weighted by Crippen LogP contribution is 2.34. The Balaban J connectivity index is 1.17. The first-order valence-electron chi connectivity index (χ1n) is 11.6. The van der Waals surface area contributed by atoms with E-state index < -0.39 is 0 Å². The lowest BCUT2D eigenvalue weighted by atomic mass is 9.95. The van der Waals surface area contributed by atoms with Gasteiger partial charge in [-0.2, -0.15) is 4.98 Å². The predicted molar refractivity (Wildman–Crippen MR) is 129 cm³/mol. The molecule has 7 heteroatoms. The Morgan fingerprint density at radius 3 is 2.71 bits per heavy atom. The van der Waals surface area contributed by atoms with Crippen LogP contribution in [0.25, 0.3) is 22.2 Å². The van der Waals surface area contributed by atoms with E-state index in [1.165, 1.54) is 21.9 Å². The minimum atomic E-state index is -0.280. The molecule has 4 aromatic rings. The van der Waals surface area contributed by atoms with Crippen molar-refractivity contribution in [2.45, 2.75) is 38.4 Å². The fraction of sp³-hybridized carbons (Fsp3) is 0.222. The molecule has 0 aliphatic carbocycles. The molecule has 0 bridgehead atoms. The first-order valence-corrected chi connectivity index (χ1v) is 11.6. The summed E-state index contributed by atoms with van der Waals surface area (Å²) < 4.78 is 5.46. The molecule has 7 nitrogen and oxygen atoms in total. The third-order valence-corrected chi connectivity index (χ3v) is 6.67. The maximum Gasteiger partial charge on any atom is 0.251 e. The number of fused-ring (bicyclic) bond motifs is 2. The van der Waals surface area contributed by atoms with E-state index in [4.69, 9.17) is 4.52 Å². The Kier molecular flexibility index (Phi) is 5.11. The van der Waals surface area contributed by atoms with Crippen molar-refractivity contribution < 1.29 is 9.32 Å². The van der Waals surface area contributed by atoms with E-state index in [9.17, 15) is 4.79 Å². The molecule has 1 aromatic heterocycles. The van der Waals surface area contributed by atoms with Gasteiger partial charge in [-0.15, -0.1) is 0 Å². The molecule has 2 unspecified atom stereocenters. The molecule has 0 saturated carbocycles. The molecular weight excluding hydrogens is 426 g/mol. The fourth-order valence-electron chi connectivity index (χ4n) is 4.80. The molecule has 1 fully saturated rings. The van der Waals surface area contributed by atoms with Crippen LogP contribution in [0.15, 0.2) is 83.7 Å². The minimum absolute atomic E-state index is 0.0183. The number of aryl methyl sites for hydroxylation is 1. The van der Waals surface area contributed by atoms with Gasteiger partial charge < -0.3 is 14.4 Å². The minimum Gasteiger partial charge on any atom is -0.337 e. The molecule has 1 saturated heterocycles. The topological polar surface area (TPSA) is 74.5 Å². The average molecular weight is 452 g/mol. The Hall–Kier alpha value is -3.97. The molecule has 0 spiro atoms. The summed E-state index contributed by atoms with van der Waals surface area (Å²) in [5.74, 6) is 0.966. The first kappa shape index (κ1) is 20.6. The second-order valence-corrected chi connectivity index (χ2v) is 8.74. The summed E-state index contributed by atoms with van der Waals surface area (Å²) in [5.41, 5.74) is 6.86. The first-order chi connectivity index (χ1) is 16.7. The SMILES string of the molecule is CCc1ccc(-c2noc(CN3C=CN4NC(c5cccc6ccccc56)CC4C3=O)n2)cc1. The van der Waals surface area contributed by atoms with Gasteiger partial charge in [0, 0.05) is 18.0 Å². The van der Waals surface area contributed by atoms with Crippen LogP contribution in [0.5, 0.6) is 0 Å². The van der Waals surface area contributed by atoms with E-state index >= 15 is 0 Å². The van der Waals surface area contributed by atoms with Crippen LogP contribution in [0.1, 0.15) is 36.4 Å². The average Bonchev–Trinajstić information content (AvgIpc) is 3.53. The molecule has 0 radical (unpaired) electrons. The number of rotatable bonds is 5. The summed E-state index contributed by atoms with van der Waals surface area (Å²) in [5, 5.41) is 8.44.